The van der Waals surface area contributed by atoms with Gasteiger partial charge in [0.05, 0.1) is 23.8 Å². The molecule has 1 aromatic heterocycles. The van der Waals surface area contributed by atoms with Gasteiger partial charge in [-0.1, -0.05) is 0 Å². The number of ether oxygens (including phenoxy) is 2. The van der Waals surface area contributed by atoms with Gasteiger partial charge in [-0.3, -0.25) is 14.9 Å². The van der Waals surface area contributed by atoms with Gasteiger partial charge >= 0.3 is 5.69 Å². The molecule has 0 spiro atoms. The number of carbonyl (C=O) groups is 1. The monoisotopic (exact) mass is 276 g/mol. The van der Waals surface area contributed by atoms with Gasteiger partial charge in [-0.25, -0.2) is 0 Å². The molecule has 0 fully saturated rings. The van der Waals surface area contributed by atoms with Crippen LogP contribution in [0, 0.1) is 10.1 Å². The van der Waals surface area contributed by atoms with Gasteiger partial charge < -0.3 is 14.5 Å². The molecule has 2 aromatic rings. The van der Waals surface area contributed by atoms with Crippen LogP contribution in [0.25, 0.3) is 0 Å². The summed E-state index contributed by atoms with van der Waals surface area (Å²) < 4.78 is 10.1. The molecule has 104 valence electrons. The zero-order valence-corrected chi connectivity index (χ0v) is 10.7. The summed E-state index contributed by atoms with van der Waals surface area (Å²) in [6.07, 6.45) is 1.61. The Bertz CT molecular complexity index is 622. The topological polar surface area (TPSA) is 94.5 Å². The number of carbonyl (C=O) groups excluding carboxylic acids is 1. The lowest BCUT2D eigenvalue weighted by Gasteiger charge is -2.07. The van der Waals surface area contributed by atoms with Crippen molar-refractivity contribution in [3.63, 3.8) is 0 Å². The van der Waals surface area contributed by atoms with Gasteiger partial charge in [0.15, 0.2) is 12.4 Å². The molecule has 0 aliphatic heterocycles. The zero-order chi connectivity index (χ0) is 14.5. The van der Waals surface area contributed by atoms with E-state index in [0.29, 0.717) is 11.4 Å². The van der Waals surface area contributed by atoms with Crippen molar-refractivity contribution >= 4 is 11.5 Å². The van der Waals surface area contributed by atoms with E-state index in [1.807, 2.05) is 0 Å². The molecule has 0 saturated heterocycles. The summed E-state index contributed by atoms with van der Waals surface area (Å²) in [4.78, 5) is 24.8. The van der Waals surface area contributed by atoms with Gasteiger partial charge in [0.1, 0.15) is 5.75 Å². The van der Waals surface area contributed by atoms with E-state index in [1.54, 1.807) is 18.3 Å². The summed E-state index contributed by atoms with van der Waals surface area (Å²) in [7, 11) is 1.41. The van der Waals surface area contributed by atoms with Crippen LogP contribution < -0.4 is 9.47 Å². The maximum Gasteiger partial charge on any atom is 0.314 e. The molecule has 1 N–H and O–H groups in total. The number of nitro benzene ring substituents is 1. The van der Waals surface area contributed by atoms with Gasteiger partial charge in [-0.05, 0) is 24.3 Å². The van der Waals surface area contributed by atoms with Gasteiger partial charge in [0.25, 0.3) is 0 Å². The Morgan fingerprint density at radius 2 is 2.20 bits per heavy atom. The number of H-pyrrole nitrogens is 1. The molecular weight excluding hydrogens is 264 g/mol. The standard InChI is InChI=1S/C13H12N2O5/c1-19-9-4-5-13(11(7-9)15(17)18)20-8-12(16)10-3-2-6-14-10/h2-7,14H,8H2,1H3. The highest BCUT2D eigenvalue weighted by atomic mass is 16.6. The van der Waals surface area contributed by atoms with E-state index in [4.69, 9.17) is 9.47 Å². The Balaban J connectivity index is 2.13. The Kier molecular flexibility index (Phi) is 3.99. The lowest BCUT2D eigenvalue weighted by Crippen LogP contribution is -2.12. The normalized spacial score (nSPS) is 10.1. The minimum atomic E-state index is -0.586. The molecule has 1 aromatic carbocycles. The first-order valence-corrected chi connectivity index (χ1v) is 5.73. The second-order valence-corrected chi connectivity index (χ2v) is 3.89. The van der Waals surface area contributed by atoms with Crippen molar-refractivity contribution in [1.29, 1.82) is 0 Å². The largest absolute Gasteiger partial charge is 0.496 e. The quantitative estimate of drug-likeness (QED) is 0.495. The van der Waals surface area contributed by atoms with Crippen molar-refractivity contribution < 1.29 is 19.2 Å². The number of Topliss-reactive ketones (excluding diaryl/α,β-unsaturated/α-hetero) is 1. The van der Waals surface area contributed by atoms with Crippen molar-refractivity contribution in [1.82, 2.24) is 4.98 Å². The van der Waals surface area contributed by atoms with Gasteiger partial charge in [0.2, 0.25) is 5.78 Å². The molecule has 0 radical (unpaired) electrons. The van der Waals surface area contributed by atoms with E-state index < -0.39 is 4.92 Å². The van der Waals surface area contributed by atoms with Crippen LogP contribution in [-0.2, 0) is 0 Å². The fourth-order valence-electron chi connectivity index (χ4n) is 1.61. The number of methoxy groups -OCH3 is 1. The Morgan fingerprint density at radius 1 is 1.40 bits per heavy atom. The molecule has 0 aliphatic carbocycles. The van der Waals surface area contributed by atoms with Crippen LogP contribution in [0.15, 0.2) is 36.5 Å². The maximum atomic E-state index is 11.7. The molecule has 0 saturated carbocycles. The number of aromatic nitrogens is 1. The summed E-state index contributed by atoms with van der Waals surface area (Å²) >= 11 is 0. The van der Waals surface area contributed by atoms with Crippen LogP contribution in [0.3, 0.4) is 0 Å². The Hall–Kier alpha value is -2.83. The molecule has 7 heteroatoms. The smallest absolute Gasteiger partial charge is 0.314 e. The molecule has 2 rings (SSSR count). The van der Waals surface area contributed by atoms with E-state index >= 15 is 0 Å². The lowest BCUT2D eigenvalue weighted by atomic mass is 10.2. The van der Waals surface area contributed by atoms with Crippen molar-refractivity contribution in [2.75, 3.05) is 13.7 Å². The van der Waals surface area contributed by atoms with Crippen LogP contribution in [0.4, 0.5) is 5.69 Å². The van der Waals surface area contributed by atoms with Gasteiger partial charge in [0, 0.05) is 6.20 Å². The fourth-order valence-corrected chi connectivity index (χ4v) is 1.61. The Morgan fingerprint density at radius 3 is 2.80 bits per heavy atom. The minimum Gasteiger partial charge on any atom is -0.496 e. The predicted octanol–water partition coefficient (Wildman–Crippen LogP) is 2.19. The molecule has 0 aliphatic rings. The molecule has 0 bridgehead atoms. The predicted molar refractivity (Wildman–Crippen MR) is 70.3 cm³/mol. The highest BCUT2D eigenvalue weighted by molar-refractivity contribution is 5.95. The average molecular weight is 276 g/mol. The number of nitro groups is 1. The number of nitrogens with zero attached hydrogens (tertiary/aromatic N) is 1. The summed E-state index contributed by atoms with van der Waals surface area (Å²) in [5, 5.41) is 10.9. The molecule has 1 heterocycles. The molecular formula is C13H12N2O5. The average Bonchev–Trinajstić information content (AvgIpc) is 2.98. The molecule has 7 nitrogen and oxygen atoms in total. The van der Waals surface area contributed by atoms with Gasteiger partial charge in [-0.15, -0.1) is 0 Å². The van der Waals surface area contributed by atoms with Gasteiger partial charge in [-0.2, -0.15) is 0 Å². The second kappa shape index (κ2) is 5.87. The highest BCUT2D eigenvalue weighted by Crippen LogP contribution is 2.31. The zero-order valence-electron chi connectivity index (χ0n) is 10.7. The van der Waals surface area contributed by atoms with Crippen LogP contribution in [0.5, 0.6) is 11.5 Å². The second-order valence-electron chi connectivity index (χ2n) is 3.89. The number of ketones is 1. The van der Waals surface area contributed by atoms with Crippen molar-refractivity contribution in [2.24, 2.45) is 0 Å². The summed E-state index contributed by atoms with van der Waals surface area (Å²) in [5.74, 6) is 0.0792. The molecule has 20 heavy (non-hydrogen) atoms. The van der Waals surface area contributed by atoms with Crippen LogP contribution in [0.2, 0.25) is 0 Å². The number of rotatable bonds is 6. The first kappa shape index (κ1) is 13.6. The van der Waals surface area contributed by atoms with Crippen LogP contribution in [-0.4, -0.2) is 29.4 Å². The van der Waals surface area contributed by atoms with E-state index in [9.17, 15) is 14.9 Å². The first-order chi connectivity index (χ1) is 9.61. The Labute approximate surface area is 114 Å². The first-order valence-electron chi connectivity index (χ1n) is 5.73. The van der Waals surface area contributed by atoms with E-state index in [0.717, 1.165) is 0 Å². The van der Waals surface area contributed by atoms with E-state index in [1.165, 1.54) is 25.3 Å². The molecule has 0 unspecified atom stereocenters. The van der Waals surface area contributed by atoms with E-state index in [2.05, 4.69) is 4.98 Å². The van der Waals surface area contributed by atoms with Crippen molar-refractivity contribution in [2.45, 2.75) is 0 Å². The number of hydrogen-bond donors (Lipinski definition) is 1. The van der Waals surface area contributed by atoms with Crippen molar-refractivity contribution in [3.8, 4) is 11.5 Å². The number of nitrogens with one attached hydrogen (secondary N) is 1. The SMILES string of the molecule is COc1ccc(OCC(=O)c2ccc[nH]2)c([N+](=O)[O-])c1. The lowest BCUT2D eigenvalue weighted by molar-refractivity contribution is -0.385. The third-order valence-corrected chi connectivity index (χ3v) is 2.62. The molecule has 0 atom stereocenters. The fraction of sp³-hybridized carbons (Fsp3) is 0.154. The minimum absolute atomic E-state index is 0.0238. The number of benzene rings is 1. The third kappa shape index (κ3) is 2.94. The summed E-state index contributed by atoms with van der Waals surface area (Å²) in [6.45, 7) is -0.284. The van der Waals surface area contributed by atoms with Crippen LogP contribution in [0.1, 0.15) is 10.5 Å². The number of hydrogen-bond acceptors (Lipinski definition) is 5. The van der Waals surface area contributed by atoms with Crippen LogP contribution >= 0.6 is 0 Å². The van der Waals surface area contributed by atoms with Crippen molar-refractivity contribution in [3.05, 3.63) is 52.3 Å². The van der Waals surface area contributed by atoms with E-state index in [-0.39, 0.29) is 23.8 Å². The summed E-state index contributed by atoms with van der Waals surface area (Å²) in [6, 6.07) is 7.46. The summed E-state index contributed by atoms with van der Waals surface area (Å²) in [5.41, 5.74) is 0.143. The maximum absolute atomic E-state index is 11.7. The number of aromatic amines is 1. The highest BCUT2D eigenvalue weighted by Gasteiger charge is 2.18. The molecule has 0 amide bonds. The third-order valence-electron chi connectivity index (χ3n) is 2.62.